The van der Waals surface area contributed by atoms with Crippen LogP contribution in [0.4, 0.5) is 0 Å². The molecule has 92 valence electrons. The van der Waals surface area contributed by atoms with Crippen LogP contribution < -0.4 is 5.32 Å². The predicted molar refractivity (Wildman–Crippen MR) is 63.1 cm³/mol. The number of hydrogen-bond donors (Lipinski definition) is 1. The quantitative estimate of drug-likeness (QED) is 0.748. The van der Waals surface area contributed by atoms with Crippen LogP contribution in [0.3, 0.4) is 0 Å². The Morgan fingerprint density at radius 3 is 2.50 bits per heavy atom. The van der Waals surface area contributed by atoms with Crippen molar-refractivity contribution < 1.29 is 9.53 Å². The largest absolute Gasteiger partial charge is 0.468 e. The monoisotopic (exact) mass is 225 g/mol. The first-order valence-corrected chi connectivity index (χ1v) is 6.44. The predicted octanol–water partition coefficient (Wildman–Crippen LogP) is 2.11. The number of nitrogens with one attached hydrogen (secondary N) is 1. The van der Waals surface area contributed by atoms with Crippen LogP contribution in [0.25, 0.3) is 0 Å². The molecule has 0 aromatic heterocycles. The van der Waals surface area contributed by atoms with Crippen LogP contribution in [0.5, 0.6) is 0 Å². The Labute approximate surface area is 97.9 Å². The van der Waals surface area contributed by atoms with E-state index in [0.29, 0.717) is 17.9 Å². The van der Waals surface area contributed by atoms with Crippen molar-refractivity contribution in [3.05, 3.63) is 0 Å². The second-order valence-electron chi connectivity index (χ2n) is 5.67. The smallest absolute Gasteiger partial charge is 0.326 e. The molecule has 0 saturated heterocycles. The van der Waals surface area contributed by atoms with E-state index >= 15 is 0 Å². The highest BCUT2D eigenvalue weighted by atomic mass is 16.5. The van der Waals surface area contributed by atoms with E-state index in [1.54, 1.807) is 0 Å². The second-order valence-corrected chi connectivity index (χ2v) is 5.67. The van der Waals surface area contributed by atoms with Crippen LogP contribution in [0, 0.1) is 11.8 Å². The topological polar surface area (TPSA) is 38.3 Å². The van der Waals surface area contributed by atoms with E-state index in [0.717, 1.165) is 12.8 Å². The molecule has 2 aliphatic carbocycles. The van der Waals surface area contributed by atoms with Crippen molar-refractivity contribution >= 4 is 5.97 Å². The molecule has 0 aliphatic heterocycles. The van der Waals surface area contributed by atoms with E-state index in [2.05, 4.69) is 19.2 Å². The number of methoxy groups -OCH3 is 1. The van der Waals surface area contributed by atoms with Gasteiger partial charge in [-0.25, -0.2) is 0 Å². The molecule has 0 amide bonds. The average Bonchev–Trinajstić information content (AvgIpc) is 3.06. The summed E-state index contributed by atoms with van der Waals surface area (Å²) in [5.41, 5.74) is -0.409. The van der Waals surface area contributed by atoms with Crippen molar-refractivity contribution in [2.75, 3.05) is 7.11 Å². The van der Waals surface area contributed by atoms with Gasteiger partial charge < -0.3 is 4.74 Å². The zero-order valence-electron chi connectivity index (χ0n) is 10.6. The van der Waals surface area contributed by atoms with E-state index < -0.39 is 5.54 Å². The van der Waals surface area contributed by atoms with Crippen molar-refractivity contribution in [2.45, 2.75) is 57.5 Å². The van der Waals surface area contributed by atoms with Gasteiger partial charge in [0.2, 0.25) is 0 Å². The Morgan fingerprint density at radius 2 is 1.94 bits per heavy atom. The molecular weight excluding hydrogens is 202 g/mol. The standard InChI is InChI=1S/C13H23NO2/c1-9-4-5-10(2)13(8-9,12(15)16-3)14-11-6-7-11/h9-11,14H,4-8H2,1-3H3. The summed E-state index contributed by atoms with van der Waals surface area (Å²) in [7, 11) is 1.50. The fraction of sp³-hybridized carbons (Fsp3) is 0.923. The molecule has 3 heteroatoms. The molecule has 1 N–H and O–H groups in total. The van der Waals surface area contributed by atoms with Crippen molar-refractivity contribution in [1.82, 2.24) is 5.32 Å². The third-order valence-corrected chi connectivity index (χ3v) is 4.19. The molecule has 16 heavy (non-hydrogen) atoms. The number of rotatable bonds is 3. The van der Waals surface area contributed by atoms with E-state index in [-0.39, 0.29) is 5.97 Å². The van der Waals surface area contributed by atoms with Gasteiger partial charge in [-0.3, -0.25) is 10.1 Å². The molecule has 3 unspecified atom stereocenters. The van der Waals surface area contributed by atoms with Gasteiger partial charge in [-0.1, -0.05) is 20.3 Å². The zero-order chi connectivity index (χ0) is 11.8. The van der Waals surface area contributed by atoms with Gasteiger partial charge >= 0.3 is 5.97 Å². The number of esters is 1. The lowest BCUT2D eigenvalue weighted by Crippen LogP contribution is -2.60. The van der Waals surface area contributed by atoms with Crippen molar-refractivity contribution in [3.8, 4) is 0 Å². The van der Waals surface area contributed by atoms with Crippen molar-refractivity contribution in [1.29, 1.82) is 0 Å². The molecular formula is C13H23NO2. The van der Waals surface area contributed by atoms with E-state index in [4.69, 9.17) is 4.74 Å². The van der Waals surface area contributed by atoms with Gasteiger partial charge in [0, 0.05) is 6.04 Å². The van der Waals surface area contributed by atoms with E-state index in [9.17, 15) is 4.79 Å². The number of hydrogen-bond acceptors (Lipinski definition) is 3. The lowest BCUT2D eigenvalue weighted by molar-refractivity contribution is -0.153. The second kappa shape index (κ2) is 4.36. The van der Waals surface area contributed by atoms with Crippen molar-refractivity contribution in [2.24, 2.45) is 11.8 Å². The highest BCUT2D eigenvalue weighted by molar-refractivity contribution is 5.81. The third kappa shape index (κ3) is 2.10. The molecule has 0 aromatic carbocycles. The van der Waals surface area contributed by atoms with E-state index in [1.165, 1.54) is 26.4 Å². The highest BCUT2D eigenvalue weighted by Gasteiger charge is 2.50. The van der Waals surface area contributed by atoms with Crippen LogP contribution in [-0.2, 0) is 9.53 Å². The first-order valence-electron chi connectivity index (χ1n) is 6.44. The Balaban J connectivity index is 2.18. The summed E-state index contributed by atoms with van der Waals surface area (Å²) in [6.07, 6.45) is 5.69. The van der Waals surface area contributed by atoms with Crippen LogP contribution in [0.1, 0.15) is 46.0 Å². The number of ether oxygens (including phenoxy) is 1. The first-order chi connectivity index (χ1) is 7.58. The Kier molecular flexibility index (Phi) is 3.24. The summed E-state index contributed by atoms with van der Waals surface area (Å²) in [5.74, 6) is 0.941. The Morgan fingerprint density at radius 1 is 1.25 bits per heavy atom. The van der Waals surface area contributed by atoms with E-state index in [1.807, 2.05) is 0 Å². The average molecular weight is 225 g/mol. The lowest BCUT2D eigenvalue weighted by atomic mass is 9.69. The molecule has 2 rings (SSSR count). The molecule has 2 saturated carbocycles. The van der Waals surface area contributed by atoms with Crippen LogP contribution in [0.15, 0.2) is 0 Å². The number of carbonyl (C=O) groups excluding carboxylic acids is 1. The minimum Gasteiger partial charge on any atom is -0.468 e. The van der Waals surface area contributed by atoms with Crippen LogP contribution in [0.2, 0.25) is 0 Å². The summed E-state index contributed by atoms with van der Waals surface area (Å²) in [4.78, 5) is 12.1. The highest BCUT2D eigenvalue weighted by Crippen LogP contribution is 2.40. The van der Waals surface area contributed by atoms with Gasteiger partial charge in [0.1, 0.15) is 5.54 Å². The maximum Gasteiger partial charge on any atom is 0.326 e. The van der Waals surface area contributed by atoms with Crippen molar-refractivity contribution in [3.63, 3.8) is 0 Å². The molecule has 0 radical (unpaired) electrons. The third-order valence-electron chi connectivity index (χ3n) is 4.19. The van der Waals surface area contributed by atoms with Gasteiger partial charge in [0.25, 0.3) is 0 Å². The van der Waals surface area contributed by atoms with Crippen LogP contribution >= 0.6 is 0 Å². The molecule has 0 heterocycles. The number of carbonyl (C=O) groups is 1. The molecule has 0 spiro atoms. The van der Waals surface area contributed by atoms with Gasteiger partial charge in [-0.2, -0.15) is 0 Å². The van der Waals surface area contributed by atoms with Gasteiger partial charge in [0.05, 0.1) is 7.11 Å². The molecule has 2 fully saturated rings. The normalized spacial score (nSPS) is 39.4. The van der Waals surface area contributed by atoms with Gasteiger partial charge in [-0.15, -0.1) is 0 Å². The minimum atomic E-state index is -0.409. The molecule has 0 aromatic rings. The van der Waals surface area contributed by atoms with Gasteiger partial charge in [-0.05, 0) is 37.5 Å². The summed E-state index contributed by atoms with van der Waals surface area (Å²) >= 11 is 0. The minimum absolute atomic E-state index is 0.0570. The van der Waals surface area contributed by atoms with Gasteiger partial charge in [0.15, 0.2) is 0 Å². The summed E-state index contributed by atoms with van der Waals surface area (Å²) in [6, 6.07) is 0.548. The summed E-state index contributed by atoms with van der Waals surface area (Å²) in [6.45, 7) is 4.41. The fourth-order valence-electron chi connectivity index (χ4n) is 2.95. The molecule has 2 aliphatic rings. The first kappa shape index (κ1) is 11.9. The lowest BCUT2D eigenvalue weighted by Gasteiger charge is -2.43. The molecule has 3 nitrogen and oxygen atoms in total. The summed E-state index contributed by atoms with van der Waals surface area (Å²) in [5, 5.41) is 3.56. The van der Waals surface area contributed by atoms with Crippen LogP contribution in [-0.4, -0.2) is 24.7 Å². The Bertz CT molecular complexity index is 271. The maximum atomic E-state index is 12.1. The molecule has 3 atom stereocenters. The Hall–Kier alpha value is -0.570. The zero-order valence-corrected chi connectivity index (χ0v) is 10.6. The summed E-state index contributed by atoms with van der Waals surface area (Å²) < 4.78 is 5.04. The maximum absolute atomic E-state index is 12.1. The SMILES string of the molecule is COC(=O)C1(NC2CC2)CC(C)CCC1C. The fourth-order valence-corrected chi connectivity index (χ4v) is 2.95. The molecule has 0 bridgehead atoms.